The SMILES string of the molecule is CCC(CC)C(=O)N1CCN(CC(=O)Nc2ccccc2Cl)CC1. The third kappa shape index (κ3) is 4.95. The third-order valence-electron chi connectivity index (χ3n) is 4.53. The van der Waals surface area contributed by atoms with Crippen molar-refractivity contribution >= 4 is 29.1 Å². The van der Waals surface area contributed by atoms with Gasteiger partial charge < -0.3 is 10.2 Å². The number of rotatable bonds is 6. The fraction of sp³-hybridized carbons (Fsp3) is 0.556. The maximum Gasteiger partial charge on any atom is 0.238 e. The van der Waals surface area contributed by atoms with E-state index in [1.165, 1.54) is 0 Å². The van der Waals surface area contributed by atoms with E-state index in [1.807, 2.05) is 17.0 Å². The van der Waals surface area contributed by atoms with E-state index in [0.717, 1.165) is 25.9 Å². The molecule has 0 aliphatic carbocycles. The summed E-state index contributed by atoms with van der Waals surface area (Å²) in [6.45, 7) is 7.26. The molecule has 132 valence electrons. The molecule has 2 amide bonds. The highest BCUT2D eigenvalue weighted by Gasteiger charge is 2.26. The van der Waals surface area contributed by atoms with Crippen LogP contribution in [0.2, 0.25) is 5.02 Å². The van der Waals surface area contributed by atoms with Gasteiger partial charge in [-0.3, -0.25) is 14.5 Å². The van der Waals surface area contributed by atoms with Gasteiger partial charge in [-0.2, -0.15) is 0 Å². The Bertz CT molecular complexity index is 567. The molecule has 2 rings (SSSR count). The van der Waals surface area contributed by atoms with Crippen molar-refractivity contribution < 1.29 is 9.59 Å². The predicted molar refractivity (Wildman–Crippen MR) is 97.2 cm³/mol. The normalized spacial score (nSPS) is 15.6. The number of nitrogens with zero attached hydrogens (tertiary/aromatic N) is 2. The topological polar surface area (TPSA) is 52.7 Å². The molecule has 0 bridgehead atoms. The van der Waals surface area contributed by atoms with Crippen molar-refractivity contribution in [3.63, 3.8) is 0 Å². The lowest BCUT2D eigenvalue weighted by Crippen LogP contribution is -2.51. The number of piperazine rings is 1. The third-order valence-corrected chi connectivity index (χ3v) is 4.86. The lowest BCUT2D eigenvalue weighted by atomic mass is 10.0. The van der Waals surface area contributed by atoms with Crippen LogP contribution in [0.3, 0.4) is 0 Å². The number of hydrogen-bond acceptors (Lipinski definition) is 3. The van der Waals surface area contributed by atoms with E-state index in [2.05, 4.69) is 24.1 Å². The van der Waals surface area contributed by atoms with Crippen LogP contribution in [0, 0.1) is 5.92 Å². The Balaban J connectivity index is 1.79. The first kappa shape index (κ1) is 18.7. The van der Waals surface area contributed by atoms with Gasteiger partial charge in [0.05, 0.1) is 17.3 Å². The summed E-state index contributed by atoms with van der Waals surface area (Å²) < 4.78 is 0. The molecule has 5 nitrogen and oxygen atoms in total. The van der Waals surface area contributed by atoms with E-state index in [0.29, 0.717) is 30.3 Å². The molecule has 0 radical (unpaired) electrons. The van der Waals surface area contributed by atoms with Crippen LogP contribution in [0.25, 0.3) is 0 Å². The molecular formula is C18H26ClN3O2. The zero-order valence-corrected chi connectivity index (χ0v) is 15.2. The number of hydrogen-bond donors (Lipinski definition) is 1. The summed E-state index contributed by atoms with van der Waals surface area (Å²) in [6, 6.07) is 7.20. The van der Waals surface area contributed by atoms with E-state index >= 15 is 0 Å². The van der Waals surface area contributed by atoms with Crippen molar-refractivity contribution in [3.8, 4) is 0 Å². The Labute approximate surface area is 149 Å². The summed E-state index contributed by atoms with van der Waals surface area (Å²) >= 11 is 6.05. The average Bonchev–Trinajstić information content (AvgIpc) is 2.58. The predicted octanol–water partition coefficient (Wildman–Crippen LogP) is 2.86. The minimum Gasteiger partial charge on any atom is -0.340 e. The Morgan fingerprint density at radius 3 is 2.33 bits per heavy atom. The van der Waals surface area contributed by atoms with E-state index in [-0.39, 0.29) is 17.7 Å². The second-order valence-electron chi connectivity index (χ2n) is 6.14. The van der Waals surface area contributed by atoms with Crippen molar-refractivity contribution in [2.24, 2.45) is 5.92 Å². The van der Waals surface area contributed by atoms with Gasteiger partial charge in [-0.1, -0.05) is 37.6 Å². The van der Waals surface area contributed by atoms with Gasteiger partial charge in [-0.05, 0) is 25.0 Å². The largest absolute Gasteiger partial charge is 0.340 e. The van der Waals surface area contributed by atoms with Crippen LogP contribution >= 0.6 is 11.6 Å². The molecule has 1 saturated heterocycles. The number of carbonyl (C=O) groups excluding carboxylic acids is 2. The van der Waals surface area contributed by atoms with Gasteiger partial charge in [0.15, 0.2) is 0 Å². The van der Waals surface area contributed by atoms with Gasteiger partial charge >= 0.3 is 0 Å². The van der Waals surface area contributed by atoms with Crippen LogP contribution in [0.15, 0.2) is 24.3 Å². The minimum atomic E-state index is -0.0807. The molecule has 1 heterocycles. The summed E-state index contributed by atoms with van der Waals surface area (Å²) in [5.74, 6) is 0.295. The standard InChI is InChI=1S/C18H26ClN3O2/c1-3-14(4-2)18(24)22-11-9-21(10-12-22)13-17(23)20-16-8-6-5-7-15(16)19/h5-8,14H,3-4,9-13H2,1-2H3,(H,20,23). The Morgan fingerprint density at radius 2 is 1.75 bits per heavy atom. The van der Waals surface area contributed by atoms with Crippen molar-refractivity contribution in [1.82, 2.24) is 9.80 Å². The molecule has 0 atom stereocenters. The van der Waals surface area contributed by atoms with Gasteiger partial charge in [0, 0.05) is 32.1 Å². The first-order valence-corrected chi connectivity index (χ1v) is 8.98. The van der Waals surface area contributed by atoms with Crippen LogP contribution < -0.4 is 5.32 Å². The Kier molecular flexibility index (Phi) is 7.06. The molecular weight excluding hydrogens is 326 g/mol. The Morgan fingerprint density at radius 1 is 1.12 bits per heavy atom. The number of halogens is 1. The van der Waals surface area contributed by atoms with Crippen LogP contribution in [0.5, 0.6) is 0 Å². The number of benzene rings is 1. The number of anilines is 1. The van der Waals surface area contributed by atoms with Crippen LogP contribution in [0.1, 0.15) is 26.7 Å². The summed E-state index contributed by atoms with van der Waals surface area (Å²) in [6.07, 6.45) is 1.77. The second kappa shape index (κ2) is 9.04. The maximum atomic E-state index is 12.4. The fourth-order valence-corrected chi connectivity index (χ4v) is 3.16. The molecule has 1 fully saturated rings. The summed E-state index contributed by atoms with van der Waals surface area (Å²) in [5.41, 5.74) is 0.631. The zero-order valence-electron chi connectivity index (χ0n) is 14.4. The first-order valence-electron chi connectivity index (χ1n) is 8.60. The number of carbonyl (C=O) groups is 2. The van der Waals surface area contributed by atoms with Gasteiger partial charge in [0.1, 0.15) is 0 Å². The molecule has 1 aliphatic rings. The lowest BCUT2D eigenvalue weighted by molar-refractivity contribution is -0.137. The molecule has 1 aliphatic heterocycles. The summed E-state index contributed by atoms with van der Waals surface area (Å²) in [5, 5.41) is 3.37. The highest BCUT2D eigenvalue weighted by Crippen LogP contribution is 2.20. The number of amides is 2. The lowest BCUT2D eigenvalue weighted by Gasteiger charge is -2.35. The fourth-order valence-electron chi connectivity index (χ4n) is 2.98. The number of para-hydroxylation sites is 1. The maximum absolute atomic E-state index is 12.4. The van der Waals surface area contributed by atoms with Gasteiger partial charge in [-0.25, -0.2) is 0 Å². The van der Waals surface area contributed by atoms with Crippen LogP contribution in [0.4, 0.5) is 5.69 Å². The highest BCUT2D eigenvalue weighted by atomic mass is 35.5. The van der Waals surface area contributed by atoms with Gasteiger partial charge in [-0.15, -0.1) is 0 Å². The molecule has 0 spiro atoms. The van der Waals surface area contributed by atoms with Crippen LogP contribution in [-0.2, 0) is 9.59 Å². The van der Waals surface area contributed by atoms with E-state index < -0.39 is 0 Å². The highest BCUT2D eigenvalue weighted by molar-refractivity contribution is 6.33. The van der Waals surface area contributed by atoms with Crippen LogP contribution in [-0.4, -0.2) is 54.3 Å². The van der Waals surface area contributed by atoms with Crippen molar-refractivity contribution in [1.29, 1.82) is 0 Å². The van der Waals surface area contributed by atoms with E-state index in [4.69, 9.17) is 11.6 Å². The monoisotopic (exact) mass is 351 g/mol. The quantitative estimate of drug-likeness (QED) is 0.857. The van der Waals surface area contributed by atoms with Crippen molar-refractivity contribution in [3.05, 3.63) is 29.3 Å². The molecule has 1 N–H and O–H groups in total. The molecule has 1 aromatic rings. The molecule has 24 heavy (non-hydrogen) atoms. The van der Waals surface area contributed by atoms with Gasteiger partial charge in [0.25, 0.3) is 0 Å². The van der Waals surface area contributed by atoms with E-state index in [1.54, 1.807) is 12.1 Å². The minimum absolute atomic E-state index is 0.0807. The number of nitrogens with one attached hydrogen (secondary N) is 1. The second-order valence-corrected chi connectivity index (χ2v) is 6.55. The molecule has 0 aromatic heterocycles. The molecule has 1 aromatic carbocycles. The summed E-state index contributed by atoms with van der Waals surface area (Å²) in [4.78, 5) is 28.5. The zero-order chi connectivity index (χ0) is 17.5. The van der Waals surface area contributed by atoms with E-state index in [9.17, 15) is 9.59 Å². The van der Waals surface area contributed by atoms with Crippen molar-refractivity contribution in [2.75, 3.05) is 38.0 Å². The molecule has 6 heteroatoms. The van der Waals surface area contributed by atoms with Gasteiger partial charge in [0.2, 0.25) is 11.8 Å². The molecule has 0 saturated carbocycles. The summed E-state index contributed by atoms with van der Waals surface area (Å²) in [7, 11) is 0. The first-order chi connectivity index (χ1) is 11.5. The Hall–Kier alpha value is -1.59. The van der Waals surface area contributed by atoms with Crippen molar-refractivity contribution in [2.45, 2.75) is 26.7 Å². The smallest absolute Gasteiger partial charge is 0.238 e. The average molecular weight is 352 g/mol. The molecule has 0 unspecified atom stereocenters.